The van der Waals surface area contributed by atoms with Crippen molar-refractivity contribution in [3.8, 4) is 0 Å². The number of methoxy groups -OCH3 is 1. The number of aromatic nitrogens is 2. The van der Waals surface area contributed by atoms with E-state index >= 15 is 0 Å². The number of hydrogen-bond acceptors (Lipinski definition) is 7. The van der Waals surface area contributed by atoms with Gasteiger partial charge in [-0.15, -0.1) is 16.4 Å². The lowest BCUT2D eigenvalue weighted by Crippen LogP contribution is -2.18. The lowest BCUT2D eigenvalue weighted by atomic mass is 10.2. The number of benzene rings is 1. The highest BCUT2D eigenvalue weighted by molar-refractivity contribution is 7.17. The molecule has 0 bridgehead atoms. The zero-order valence-corrected chi connectivity index (χ0v) is 12.4. The Kier molecular flexibility index (Phi) is 4.44. The van der Waals surface area contributed by atoms with E-state index in [1.54, 1.807) is 18.4 Å². The molecule has 2 N–H and O–H groups in total. The molecule has 7 heteroatoms. The maximum Gasteiger partial charge on any atom is 0.320 e. The summed E-state index contributed by atoms with van der Waals surface area (Å²) in [7, 11) is 1.67. The van der Waals surface area contributed by atoms with Gasteiger partial charge in [-0.1, -0.05) is 5.10 Å². The molecule has 0 aliphatic rings. The Labute approximate surface area is 126 Å². The van der Waals surface area contributed by atoms with Crippen LogP contribution < -0.4 is 10.6 Å². The van der Waals surface area contributed by atoms with Crippen molar-refractivity contribution in [2.75, 3.05) is 25.6 Å². The molecule has 110 valence electrons. The molecule has 2 aromatic heterocycles. The summed E-state index contributed by atoms with van der Waals surface area (Å²) in [6.07, 6.45) is 0. The summed E-state index contributed by atoms with van der Waals surface area (Å²) in [5, 5.41) is 17.5. The van der Waals surface area contributed by atoms with Gasteiger partial charge in [0.05, 0.1) is 13.2 Å². The van der Waals surface area contributed by atoms with Crippen LogP contribution in [0.3, 0.4) is 0 Å². The Bertz CT molecular complexity index is 710. The zero-order chi connectivity index (χ0) is 14.5. The minimum atomic E-state index is 0.396. The first kappa shape index (κ1) is 14.0. The van der Waals surface area contributed by atoms with Gasteiger partial charge in [0, 0.05) is 24.0 Å². The molecule has 3 aromatic rings. The fourth-order valence-electron chi connectivity index (χ4n) is 1.91. The maximum absolute atomic E-state index is 5.53. The summed E-state index contributed by atoms with van der Waals surface area (Å²) in [5.74, 6) is 0.546. The van der Waals surface area contributed by atoms with Crippen molar-refractivity contribution < 1.29 is 9.15 Å². The quantitative estimate of drug-likeness (QED) is 0.654. The highest BCUT2D eigenvalue weighted by Gasteiger charge is 2.06. The molecule has 0 fully saturated rings. The van der Waals surface area contributed by atoms with Gasteiger partial charge in [-0.25, -0.2) is 0 Å². The predicted octanol–water partition coefficient (Wildman–Crippen LogP) is 2.76. The molecular formula is C14H16N4O2S. The molecule has 3 rings (SSSR count). The van der Waals surface area contributed by atoms with Gasteiger partial charge >= 0.3 is 6.01 Å². The average molecular weight is 304 g/mol. The highest BCUT2D eigenvalue weighted by atomic mass is 32.1. The normalized spacial score (nSPS) is 11.1. The fourth-order valence-corrected chi connectivity index (χ4v) is 2.68. The minimum Gasteiger partial charge on any atom is -0.406 e. The number of nitrogens with zero attached hydrogens (tertiary/aromatic N) is 2. The topological polar surface area (TPSA) is 72.2 Å². The molecule has 0 radical (unpaired) electrons. The van der Waals surface area contributed by atoms with Crippen molar-refractivity contribution in [3.63, 3.8) is 0 Å². The molecule has 0 saturated heterocycles. The van der Waals surface area contributed by atoms with E-state index in [0.29, 0.717) is 25.1 Å². The van der Waals surface area contributed by atoms with Crippen molar-refractivity contribution in [1.29, 1.82) is 0 Å². The van der Waals surface area contributed by atoms with Gasteiger partial charge in [-0.05, 0) is 35.0 Å². The Hall–Kier alpha value is -1.96. The van der Waals surface area contributed by atoms with Gasteiger partial charge in [0.25, 0.3) is 0 Å². The third kappa shape index (κ3) is 3.57. The molecular weight excluding hydrogens is 288 g/mol. The van der Waals surface area contributed by atoms with E-state index in [4.69, 9.17) is 9.15 Å². The van der Waals surface area contributed by atoms with Gasteiger partial charge in [0.15, 0.2) is 0 Å². The van der Waals surface area contributed by atoms with Gasteiger partial charge < -0.3 is 19.8 Å². The lowest BCUT2D eigenvalue weighted by Gasteiger charge is -2.01. The second kappa shape index (κ2) is 6.66. The van der Waals surface area contributed by atoms with Gasteiger partial charge in [0.2, 0.25) is 5.89 Å². The van der Waals surface area contributed by atoms with Crippen LogP contribution in [0.5, 0.6) is 0 Å². The Morgan fingerprint density at radius 2 is 2.24 bits per heavy atom. The molecule has 0 saturated carbocycles. The average Bonchev–Trinajstić information content (AvgIpc) is 3.12. The van der Waals surface area contributed by atoms with Crippen molar-refractivity contribution in [2.45, 2.75) is 6.54 Å². The summed E-state index contributed by atoms with van der Waals surface area (Å²) in [5.41, 5.74) is 0.934. The van der Waals surface area contributed by atoms with Crippen LogP contribution in [0.1, 0.15) is 5.89 Å². The van der Waals surface area contributed by atoms with Gasteiger partial charge in [-0.2, -0.15) is 0 Å². The molecule has 6 nitrogen and oxygen atoms in total. The van der Waals surface area contributed by atoms with E-state index < -0.39 is 0 Å². The van der Waals surface area contributed by atoms with E-state index in [9.17, 15) is 0 Å². The number of hydrogen-bond donors (Lipinski definition) is 2. The maximum atomic E-state index is 5.53. The van der Waals surface area contributed by atoms with Crippen molar-refractivity contribution in [1.82, 2.24) is 15.5 Å². The summed E-state index contributed by atoms with van der Waals surface area (Å²) >= 11 is 1.72. The van der Waals surface area contributed by atoms with Crippen LogP contribution in [0.15, 0.2) is 34.1 Å². The smallest absolute Gasteiger partial charge is 0.320 e. The first-order valence-corrected chi connectivity index (χ1v) is 7.49. The summed E-state index contributed by atoms with van der Waals surface area (Å²) in [6, 6.07) is 8.62. The Morgan fingerprint density at radius 3 is 3.14 bits per heavy atom. The van der Waals surface area contributed by atoms with Crippen LogP contribution in [0.25, 0.3) is 10.1 Å². The molecule has 0 amide bonds. The number of ether oxygens (including phenoxy) is 1. The molecule has 1 aromatic carbocycles. The number of rotatable bonds is 7. The molecule has 0 atom stereocenters. The third-order valence-corrected chi connectivity index (χ3v) is 3.83. The van der Waals surface area contributed by atoms with E-state index in [2.05, 4.69) is 44.4 Å². The zero-order valence-electron chi connectivity index (χ0n) is 11.6. The van der Waals surface area contributed by atoms with E-state index in [-0.39, 0.29) is 0 Å². The van der Waals surface area contributed by atoms with Gasteiger partial charge in [0.1, 0.15) is 0 Å². The van der Waals surface area contributed by atoms with Crippen LogP contribution in [0.2, 0.25) is 0 Å². The Balaban J connectivity index is 1.60. The van der Waals surface area contributed by atoms with Crippen molar-refractivity contribution >= 4 is 33.1 Å². The SMILES string of the molecule is COCCNCc1nnc(Nc2ccc3sccc3c2)o1. The molecule has 0 aliphatic carbocycles. The van der Waals surface area contributed by atoms with Crippen LogP contribution in [0, 0.1) is 0 Å². The first-order valence-electron chi connectivity index (χ1n) is 6.61. The number of fused-ring (bicyclic) bond motifs is 1. The molecule has 21 heavy (non-hydrogen) atoms. The highest BCUT2D eigenvalue weighted by Crippen LogP contribution is 2.25. The van der Waals surface area contributed by atoms with E-state index in [1.165, 1.54) is 10.1 Å². The van der Waals surface area contributed by atoms with E-state index in [0.717, 1.165) is 12.2 Å². The van der Waals surface area contributed by atoms with Crippen LogP contribution in [-0.4, -0.2) is 30.5 Å². The summed E-state index contributed by atoms with van der Waals surface area (Å²) in [4.78, 5) is 0. The Morgan fingerprint density at radius 1 is 1.29 bits per heavy atom. The van der Waals surface area contributed by atoms with Crippen molar-refractivity contribution in [2.24, 2.45) is 0 Å². The van der Waals surface area contributed by atoms with Crippen molar-refractivity contribution in [3.05, 3.63) is 35.5 Å². The molecule has 0 unspecified atom stereocenters. The van der Waals surface area contributed by atoms with E-state index in [1.807, 2.05) is 6.07 Å². The number of nitrogens with one attached hydrogen (secondary N) is 2. The second-order valence-corrected chi connectivity index (χ2v) is 5.42. The third-order valence-electron chi connectivity index (χ3n) is 2.93. The molecule has 0 spiro atoms. The van der Waals surface area contributed by atoms with Gasteiger partial charge in [-0.3, -0.25) is 0 Å². The lowest BCUT2D eigenvalue weighted by molar-refractivity contribution is 0.198. The standard InChI is InChI=1S/C14H16N4O2S/c1-19-6-5-15-9-13-17-18-14(20-13)16-11-2-3-12-10(8-11)4-7-21-12/h2-4,7-8,15H,5-6,9H2,1H3,(H,16,18). The summed E-state index contributed by atoms with van der Waals surface area (Å²) in [6.45, 7) is 1.93. The van der Waals surface area contributed by atoms with Crippen LogP contribution >= 0.6 is 11.3 Å². The van der Waals surface area contributed by atoms with Crippen LogP contribution in [-0.2, 0) is 11.3 Å². The van der Waals surface area contributed by atoms with Crippen LogP contribution in [0.4, 0.5) is 11.7 Å². The largest absolute Gasteiger partial charge is 0.406 e. The molecule has 2 heterocycles. The number of anilines is 2. The predicted molar refractivity (Wildman–Crippen MR) is 83.0 cm³/mol. The summed E-state index contributed by atoms with van der Waals surface area (Å²) < 4.78 is 11.7. The second-order valence-electron chi connectivity index (χ2n) is 4.47. The fraction of sp³-hybridized carbons (Fsp3) is 0.286. The molecule has 0 aliphatic heterocycles. The first-order chi connectivity index (χ1) is 10.3. The number of thiophene rings is 1. The minimum absolute atomic E-state index is 0.396. The monoisotopic (exact) mass is 304 g/mol.